The molecule has 23 heavy (non-hydrogen) atoms. The summed E-state index contributed by atoms with van der Waals surface area (Å²) in [6.45, 7) is 1.98. The van der Waals surface area contributed by atoms with E-state index in [-0.39, 0.29) is 25.5 Å². The topological polar surface area (TPSA) is 77.5 Å². The predicted molar refractivity (Wildman–Crippen MR) is 87.3 cm³/mol. The van der Waals surface area contributed by atoms with Gasteiger partial charge < -0.3 is 14.8 Å². The Hall–Kier alpha value is -2.25. The van der Waals surface area contributed by atoms with Gasteiger partial charge in [-0.15, -0.1) is 11.3 Å². The SMILES string of the molecule is COCC(=O)OCc1csc(CC(=O)Nc2ccc(C)cc2)n1. The Morgan fingerprint density at radius 3 is 2.70 bits per heavy atom. The fourth-order valence-electron chi connectivity index (χ4n) is 1.79. The number of carbonyl (C=O) groups is 2. The van der Waals surface area contributed by atoms with E-state index in [4.69, 9.17) is 4.74 Å². The highest BCUT2D eigenvalue weighted by Crippen LogP contribution is 2.13. The monoisotopic (exact) mass is 334 g/mol. The number of hydrogen-bond donors (Lipinski definition) is 1. The fraction of sp³-hybridized carbons (Fsp3) is 0.312. The number of aromatic nitrogens is 1. The largest absolute Gasteiger partial charge is 0.457 e. The smallest absolute Gasteiger partial charge is 0.332 e. The maximum atomic E-state index is 12.0. The van der Waals surface area contributed by atoms with Crippen molar-refractivity contribution in [3.05, 3.63) is 45.9 Å². The molecular formula is C16H18N2O4S. The number of carbonyl (C=O) groups excluding carboxylic acids is 2. The van der Waals surface area contributed by atoms with Crippen LogP contribution in [0, 0.1) is 6.92 Å². The molecule has 0 spiro atoms. The number of anilines is 1. The van der Waals surface area contributed by atoms with E-state index in [1.807, 2.05) is 31.2 Å². The van der Waals surface area contributed by atoms with E-state index >= 15 is 0 Å². The van der Waals surface area contributed by atoms with Crippen molar-refractivity contribution in [2.24, 2.45) is 0 Å². The van der Waals surface area contributed by atoms with Crippen LogP contribution in [0.15, 0.2) is 29.6 Å². The van der Waals surface area contributed by atoms with Gasteiger partial charge in [-0.3, -0.25) is 4.79 Å². The normalized spacial score (nSPS) is 10.3. The van der Waals surface area contributed by atoms with Crippen LogP contribution in [-0.4, -0.2) is 30.6 Å². The molecule has 122 valence electrons. The van der Waals surface area contributed by atoms with E-state index in [0.29, 0.717) is 10.7 Å². The van der Waals surface area contributed by atoms with Crippen molar-refractivity contribution >= 4 is 28.9 Å². The standard InChI is InChI=1S/C16H18N2O4S/c1-11-3-5-12(6-4-11)17-14(19)7-15-18-13(10-23-15)8-22-16(20)9-21-2/h3-6,10H,7-9H2,1-2H3,(H,17,19). The zero-order chi connectivity index (χ0) is 16.7. The number of thiazole rings is 1. The number of ether oxygens (including phenoxy) is 2. The number of nitrogens with one attached hydrogen (secondary N) is 1. The Kier molecular flexibility index (Phi) is 6.25. The lowest BCUT2D eigenvalue weighted by molar-refractivity contribution is -0.149. The van der Waals surface area contributed by atoms with E-state index in [1.54, 1.807) is 5.38 Å². The summed E-state index contributed by atoms with van der Waals surface area (Å²) >= 11 is 1.36. The second kappa shape index (κ2) is 8.40. The molecule has 6 nitrogen and oxygen atoms in total. The fourth-order valence-corrected chi connectivity index (χ4v) is 2.57. The van der Waals surface area contributed by atoms with E-state index < -0.39 is 5.97 Å². The molecule has 1 aromatic heterocycles. The number of rotatable bonds is 7. The molecule has 0 aliphatic heterocycles. The molecule has 0 unspecified atom stereocenters. The predicted octanol–water partition coefficient (Wildman–Crippen LogP) is 2.32. The second-order valence-electron chi connectivity index (χ2n) is 4.92. The minimum atomic E-state index is -0.445. The van der Waals surface area contributed by atoms with Crippen LogP contribution in [0.1, 0.15) is 16.3 Å². The summed E-state index contributed by atoms with van der Waals surface area (Å²) < 4.78 is 9.64. The van der Waals surface area contributed by atoms with Gasteiger partial charge in [0, 0.05) is 18.2 Å². The van der Waals surface area contributed by atoms with Gasteiger partial charge in [0.15, 0.2) is 0 Å². The van der Waals surface area contributed by atoms with Gasteiger partial charge in [0.25, 0.3) is 0 Å². The Labute approximate surface area is 138 Å². The molecule has 0 bridgehead atoms. The van der Waals surface area contributed by atoms with Gasteiger partial charge in [0.05, 0.1) is 12.1 Å². The summed E-state index contributed by atoms with van der Waals surface area (Å²) in [5.74, 6) is -0.578. The van der Waals surface area contributed by atoms with Gasteiger partial charge in [0.1, 0.15) is 18.2 Å². The van der Waals surface area contributed by atoms with Crippen LogP contribution in [0.4, 0.5) is 5.69 Å². The van der Waals surface area contributed by atoms with E-state index in [0.717, 1.165) is 11.3 Å². The van der Waals surface area contributed by atoms with Crippen molar-refractivity contribution < 1.29 is 19.1 Å². The Balaban J connectivity index is 1.82. The molecule has 0 aliphatic carbocycles. The molecule has 1 heterocycles. The summed E-state index contributed by atoms with van der Waals surface area (Å²) in [5.41, 5.74) is 2.51. The van der Waals surface area contributed by atoms with Gasteiger partial charge in [-0.25, -0.2) is 9.78 Å². The van der Waals surface area contributed by atoms with Crippen molar-refractivity contribution in [3.63, 3.8) is 0 Å². The highest BCUT2D eigenvalue weighted by atomic mass is 32.1. The lowest BCUT2D eigenvalue weighted by Gasteiger charge is -2.04. The number of nitrogens with zero attached hydrogens (tertiary/aromatic N) is 1. The van der Waals surface area contributed by atoms with E-state index in [9.17, 15) is 9.59 Å². The third kappa shape index (κ3) is 5.80. The first-order chi connectivity index (χ1) is 11.1. The minimum Gasteiger partial charge on any atom is -0.457 e. The zero-order valence-electron chi connectivity index (χ0n) is 13.0. The van der Waals surface area contributed by atoms with Crippen molar-refractivity contribution in [1.82, 2.24) is 4.98 Å². The lowest BCUT2D eigenvalue weighted by atomic mass is 10.2. The molecule has 2 aromatic rings. The average molecular weight is 334 g/mol. The first kappa shape index (κ1) is 17.1. The highest BCUT2D eigenvalue weighted by Gasteiger charge is 2.10. The molecule has 0 saturated heterocycles. The molecule has 0 radical (unpaired) electrons. The van der Waals surface area contributed by atoms with Crippen LogP contribution in [0.25, 0.3) is 0 Å². The lowest BCUT2D eigenvalue weighted by Crippen LogP contribution is -2.14. The van der Waals surface area contributed by atoms with Crippen molar-refractivity contribution in [2.75, 3.05) is 19.0 Å². The molecule has 0 saturated carbocycles. The van der Waals surface area contributed by atoms with Gasteiger partial charge >= 0.3 is 5.97 Å². The van der Waals surface area contributed by atoms with E-state index in [1.165, 1.54) is 18.4 Å². The van der Waals surface area contributed by atoms with Crippen molar-refractivity contribution in [1.29, 1.82) is 0 Å². The Morgan fingerprint density at radius 1 is 1.26 bits per heavy atom. The summed E-state index contributed by atoms with van der Waals surface area (Å²) in [5, 5.41) is 5.27. The number of amides is 1. The average Bonchev–Trinajstić information content (AvgIpc) is 2.95. The zero-order valence-corrected chi connectivity index (χ0v) is 13.8. The second-order valence-corrected chi connectivity index (χ2v) is 5.86. The van der Waals surface area contributed by atoms with Crippen LogP contribution >= 0.6 is 11.3 Å². The third-order valence-electron chi connectivity index (χ3n) is 2.89. The summed E-state index contributed by atoms with van der Waals surface area (Å²) in [6, 6.07) is 7.59. The maximum Gasteiger partial charge on any atom is 0.332 e. The molecule has 1 N–H and O–H groups in total. The molecule has 7 heteroatoms. The van der Waals surface area contributed by atoms with Gasteiger partial charge in [0.2, 0.25) is 5.91 Å². The number of aryl methyl sites for hydroxylation is 1. The van der Waals surface area contributed by atoms with Crippen LogP contribution < -0.4 is 5.32 Å². The summed E-state index contributed by atoms with van der Waals surface area (Å²) in [7, 11) is 1.43. The highest BCUT2D eigenvalue weighted by molar-refractivity contribution is 7.09. The first-order valence-corrected chi connectivity index (χ1v) is 7.89. The van der Waals surface area contributed by atoms with Crippen LogP contribution in [0.2, 0.25) is 0 Å². The van der Waals surface area contributed by atoms with Gasteiger partial charge in [-0.2, -0.15) is 0 Å². The van der Waals surface area contributed by atoms with Gasteiger partial charge in [-0.1, -0.05) is 17.7 Å². The summed E-state index contributed by atoms with van der Waals surface area (Å²) in [6.07, 6.45) is 0.185. The number of esters is 1. The molecule has 0 fully saturated rings. The Bertz CT molecular complexity index is 667. The molecule has 0 aliphatic rings. The summed E-state index contributed by atoms with van der Waals surface area (Å²) in [4.78, 5) is 27.5. The quantitative estimate of drug-likeness (QED) is 0.786. The number of benzene rings is 1. The van der Waals surface area contributed by atoms with Crippen LogP contribution in [0.3, 0.4) is 0 Å². The van der Waals surface area contributed by atoms with Crippen molar-refractivity contribution in [2.45, 2.75) is 20.0 Å². The number of methoxy groups -OCH3 is 1. The van der Waals surface area contributed by atoms with Crippen LogP contribution in [0.5, 0.6) is 0 Å². The minimum absolute atomic E-state index is 0.0816. The molecule has 1 aromatic carbocycles. The Morgan fingerprint density at radius 2 is 2.00 bits per heavy atom. The molecule has 2 rings (SSSR count). The third-order valence-corrected chi connectivity index (χ3v) is 3.79. The van der Waals surface area contributed by atoms with E-state index in [2.05, 4.69) is 15.0 Å². The molecule has 1 amide bonds. The maximum absolute atomic E-state index is 12.0. The molecular weight excluding hydrogens is 316 g/mol. The van der Waals surface area contributed by atoms with Crippen molar-refractivity contribution in [3.8, 4) is 0 Å². The number of hydrogen-bond acceptors (Lipinski definition) is 6. The van der Waals surface area contributed by atoms with Crippen LogP contribution in [-0.2, 0) is 32.1 Å². The molecule has 0 atom stereocenters. The van der Waals surface area contributed by atoms with Gasteiger partial charge in [-0.05, 0) is 19.1 Å². The first-order valence-electron chi connectivity index (χ1n) is 7.01.